The SMILES string of the molecule is Nc1cccc2c(NCCCNC=O)nccc12. The van der Waals surface area contributed by atoms with E-state index < -0.39 is 0 Å². The first kappa shape index (κ1) is 12.2. The number of pyridine rings is 1. The van der Waals surface area contributed by atoms with Gasteiger partial charge in [0.25, 0.3) is 0 Å². The summed E-state index contributed by atoms with van der Waals surface area (Å²) in [6, 6.07) is 7.69. The average Bonchev–Trinajstić information content (AvgIpc) is 2.39. The van der Waals surface area contributed by atoms with Gasteiger partial charge < -0.3 is 16.4 Å². The van der Waals surface area contributed by atoms with Crippen LogP contribution in [0.2, 0.25) is 0 Å². The van der Waals surface area contributed by atoms with Crippen molar-refractivity contribution in [3.8, 4) is 0 Å². The van der Waals surface area contributed by atoms with Crippen LogP contribution >= 0.6 is 0 Å². The molecule has 0 saturated carbocycles. The monoisotopic (exact) mass is 244 g/mol. The van der Waals surface area contributed by atoms with Crippen LogP contribution in [0.15, 0.2) is 30.5 Å². The molecule has 4 N–H and O–H groups in total. The lowest BCUT2D eigenvalue weighted by Gasteiger charge is -2.09. The minimum absolute atomic E-state index is 0.656. The first-order chi connectivity index (χ1) is 8.83. The molecule has 0 aliphatic heterocycles. The fourth-order valence-corrected chi connectivity index (χ4v) is 1.83. The Labute approximate surface area is 105 Å². The third-order valence-corrected chi connectivity index (χ3v) is 2.71. The van der Waals surface area contributed by atoms with Crippen LogP contribution < -0.4 is 16.4 Å². The normalized spacial score (nSPS) is 10.2. The molecule has 18 heavy (non-hydrogen) atoms. The highest BCUT2D eigenvalue weighted by molar-refractivity contribution is 5.99. The van der Waals surface area contributed by atoms with Gasteiger partial charge in [0.05, 0.1) is 0 Å². The maximum absolute atomic E-state index is 10.1. The molecule has 5 heteroatoms. The molecule has 0 spiro atoms. The molecular weight excluding hydrogens is 228 g/mol. The molecule has 5 nitrogen and oxygen atoms in total. The van der Waals surface area contributed by atoms with Crippen molar-refractivity contribution < 1.29 is 4.79 Å². The van der Waals surface area contributed by atoms with Crippen molar-refractivity contribution in [3.05, 3.63) is 30.5 Å². The molecular formula is C13H16N4O. The Morgan fingerprint density at radius 1 is 1.22 bits per heavy atom. The molecule has 1 heterocycles. The second kappa shape index (κ2) is 5.86. The summed E-state index contributed by atoms with van der Waals surface area (Å²) >= 11 is 0. The number of rotatable bonds is 6. The van der Waals surface area contributed by atoms with Crippen molar-refractivity contribution in [1.82, 2.24) is 10.3 Å². The summed E-state index contributed by atoms with van der Waals surface area (Å²) in [6.07, 6.45) is 3.29. The maximum Gasteiger partial charge on any atom is 0.207 e. The van der Waals surface area contributed by atoms with Crippen LogP contribution in [0.3, 0.4) is 0 Å². The molecule has 0 aliphatic rings. The van der Waals surface area contributed by atoms with E-state index in [0.29, 0.717) is 13.0 Å². The average molecular weight is 244 g/mol. The van der Waals surface area contributed by atoms with Gasteiger partial charge in [0.15, 0.2) is 0 Å². The minimum Gasteiger partial charge on any atom is -0.398 e. The summed E-state index contributed by atoms with van der Waals surface area (Å²) in [5.41, 5.74) is 6.67. The van der Waals surface area contributed by atoms with Gasteiger partial charge in [-0.05, 0) is 18.6 Å². The van der Waals surface area contributed by atoms with Gasteiger partial charge in [0, 0.05) is 35.7 Å². The summed E-state index contributed by atoms with van der Waals surface area (Å²) in [6.45, 7) is 1.41. The van der Waals surface area contributed by atoms with E-state index in [1.165, 1.54) is 0 Å². The number of aromatic nitrogens is 1. The van der Waals surface area contributed by atoms with Crippen molar-refractivity contribution in [2.45, 2.75) is 6.42 Å². The predicted octanol–water partition coefficient (Wildman–Crippen LogP) is 1.36. The topological polar surface area (TPSA) is 80.0 Å². The number of carbonyl (C=O) groups is 1. The molecule has 0 bridgehead atoms. The van der Waals surface area contributed by atoms with Gasteiger partial charge in [0.1, 0.15) is 5.82 Å². The first-order valence-corrected chi connectivity index (χ1v) is 5.87. The molecule has 1 amide bonds. The summed E-state index contributed by atoms with van der Waals surface area (Å²) in [5, 5.41) is 7.89. The Hall–Kier alpha value is -2.30. The summed E-state index contributed by atoms with van der Waals surface area (Å²) in [4.78, 5) is 14.4. The molecule has 0 unspecified atom stereocenters. The fourth-order valence-electron chi connectivity index (χ4n) is 1.83. The highest BCUT2D eigenvalue weighted by Gasteiger charge is 2.03. The summed E-state index contributed by atoms with van der Waals surface area (Å²) in [7, 11) is 0. The Bertz CT molecular complexity index is 542. The zero-order valence-corrected chi connectivity index (χ0v) is 10.0. The third kappa shape index (κ3) is 2.68. The van der Waals surface area contributed by atoms with E-state index in [9.17, 15) is 4.79 Å². The number of hydrogen-bond acceptors (Lipinski definition) is 4. The number of nitrogens with zero attached hydrogens (tertiary/aromatic N) is 1. The van der Waals surface area contributed by atoms with Gasteiger partial charge in [-0.2, -0.15) is 0 Å². The quantitative estimate of drug-likeness (QED) is 0.407. The lowest BCUT2D eigenvalue weighted by atomic mass is 10.1. The largest absolute Gasteiger partial charge is 0.398 e. The van der Waals surface area contributed by atoms with E-state index >= 15 is 0 Å². The van der Waals surface area contributed by atoms with Gasteiger partial charge >= 0.3 is 0 Å². The molecule has 94 valence electrons. The van der Waals surface area contributed by atoms with Crippen LogP contribution in [0.1, 0.15) is 6.42 Å². The molecule has 0 aliphatic carbocycles. The number of benzene rings is 1. The van der Waals surface area contributed by atoms with Gasteiger partial charge in [-0.25, -0.2) is 4.98 Å². The van der Waals surface area contributed by atoms with Crippen molar-refractivity contribution in [2.24, 2.45) is 0 Å². The van der Waals surface area contributed by atoms with Gasteiger partial charge in [-0.1, -0.05) is 12.1 Å². The second-order valence-corrected chi connectivity index (χ2v) is 3.95. The summed E-state index contributed by atoms with van der Waals surface area (Å²) in [5.74, 6) is 0.825. The molecule has 0 saturated heterocycles. The smallest absolute Gasteiger partial charge is 0.207 e. The standard InChI is InChI=1S/C13H16N4O/c14-12-4-1-3-11-10(12)5-8-17-13(11)16-7-2-6-15-9-18/h1,3-5,8-9H,2,6-7,14H2,(H,15,18)(H,16,17). The highest BCUT2D eigenvalue weighted by Crippen LogP contribution is 2.25. The zero-order valence-electron chi connectivity index (χ0n) is 10.0. The highest BCUT2D eigenvalue weighted by atomic mass is 16.1. The summed E-state index contributed by atoms with van der Waals surface area (Å²) < 4.78 is 0. The van der Waals surface area contributed by atoms with Crippen molar-refractivity contribution in [1.29, 1.82) is 0 Å². The number of anilines is 2. The van der Waals surface area contributed by atoms with Crippen molar-refractivity contribution >= 4 is 28.7 Å². The fraction of sp³-hybridized carbons (Fsp3) is 0.231. The number of fused-ring (bicyclic) bond motifs is 1. The van der Waals surface area contributed by atoms with E-state index in [2.05, 4.69) is 15.6 Å². The first-order valence-electron chi connectivity index (χ1n) is 5.87. The number of hydrogen-bond donors (Lipinski definition) is 3. The number of amides is 1. The molecule has 1 aromatic heterocycles. The zero-order chi connectivity index (χ0) is 12.8. The number of nitrogens with two attached hydrogens (primary N) is 1. The second-order valence-electron chi connectivity index (χ2n) is 3.95. The molecule has 0 fully saturated rings. The van der Waals surface area contributed by atoms with Crippen LogP contribution in [0.4, 0.5) is 11.5 Å². The Morgan fingerprint density at radius 2 is 2.11 bits per heavy atom. The van der Waals surface area contributed by atoms with E-state index in [1.807, 2.05) is 24.3 Å². The van der Waals surface area contributed by atoms with E-state index in [1.54, 1.807) is 6.20 Å². The molecule has 0 radical (unpaired) electrons. The van der Waals surface area contributed by atoms with Gasteiger partial charge in [-0.15, -0.1) is 0 Å². The van der Waals surface area contributed by atoms with Gasteiger partial charge in [0.2, 0.25) is 6.41 Å². The van der Waals surface area contributed by atoms with E-state index in [-0.39, 0.29) is 0 Å². The van der Waals surface area contributed by atoms with Crippen molar-refractivity contribution in [2.75, 3.05) is 24.1 Å². The molecule has 0 atom stereocenters. The minimum atomic E-state index is 0.656. The van der Waals surface area contributed by atoms with Crippen LogP contribution in [0.25, 0.3) is 10.8 Å². The molecule has 1 aromatic carbocycles. The van der Waals surface area contributed by atoms with Crippen LogP contribution in [-0.4, -0.2) is 24.5 Å². The Kier molecular flexibility index (Phi) is 3.96. The Morgan fingerprint density at radius 3 is 2.94 bits per heavy atom. The van der Waals surface area contributed by atoms with Crippen LogP contribution in [-0.2, 0) is 4.79 Å². The number of nitrogen functional groups attached to an aromatic ring is 1. The number of nitrogens with one attached hydrogen (secondary N) is 2. The maximum atomic E-state index is 10.1. The molecule has 2 rings (SSSR count). The van der Waals surface area contributed by atoms with E-state index in [0.717, 1.165) is 35.2 Å². The van der Waals surface area contributed by atoms with E-state index in [4.69, 9.17) is 5.73 Å². The number of carbonyl (C=O) groups excluding carboxylic acids is 1. The third-order valence-electron chi connectivity index (χ3n) is 2.71. The van der Waals surface area contributed by atoms with Crippen molar-refractivity contribution in [3.63, 3.8) is 0 Å². The lowest BCUT2D eigenvalue weighted by Crippen LogP contribution is -2.16. The lowest BCUT2D eigenvalue weighted by molar-refractivity contribution is -0.109. The Balaban J connectivity index is 2.09. The molecule has 2 aromatic rings. The van der Waals surface area contributed by atoms with Crippen LogP contribution in [0, 0.1) is 0 Å². The van der Waals surface area contributed by atoms with Crippen LogP contribution in [0.5, 0.6) is 0 Å². The van der Waals surface area contributed by atoms with Gasteiger partial charge in [-0.3, -0.25) is 4.79 Å². The predicted molar refractivity (Wildman–Crippen MR) is 73.3 cm³/mol.